The first-order chi connectivity index (χ1) is 8.70. The van der Waals surface area contributed by atoms with E-state index in [9.17, 15) is 0 Å². The summed E-state index contributed by atoms with van der Waals surface area (Å²) in [6, 6.07) is 6.38. The highest BCUT2D eigenvalue weighted by Crippen LogP contribution is 2.28. The van der Waals surface area contributed by atoms with Gasteiger partial charge in [0.25, 0.3) is 0 Å². The van der Waals surface area contributed by atoms with Crippen molar-refractivity contribution >= 4 is 21.6 Å². The van der Waals surface area contributed by atoms with Crippen LogP contribution in [0.1, 0.15) is 37.7 Å². The van der Waals surface area contributed by atoms with Crippen molar-refractivity contribution in [1.29, 1.82) is 0 Å². The lowest BCUT2D eigenvalue weighted by Gasteiger charge is -2.29. The highest BCUT2D eigenvalue weighted by molar-refractivity contribution is 9.10. The molecule has 1 aromatic rings. The summed E-state index contributed by atoms with van der Waals surface area (Å²) in [7, 11) is 2.19. The van der Waals surface area contributed by atoms with E-state index in [1.807, 2.05) is 0 Å². The standard InChI is InChI=1S/C15H23BrN2/c1-18(11-12-5-3-2-4-6-12)15-9-14(16)8-7-13(15)10-17/h7-9,12H,2-6,10-11,17H2,1H3. The highest BCUT2D eigenvalue weighted by atomic mass is 79.9. The molecule has 1 aliphatic carbocycles. The SMILES string of the molecule is CN(CC1CCCCC1)c1cc(Br)ccc1CN. The van der Waals surface area contributed by atoms with Crippen molar-refractivity contribution in [2.75, 3.05) is 18.5 Å². The van der Waals surface area contributed by atoms with Gasteiger partial charge in [-0.2, -0.15) is 0 Å². The first kappa shape index (κ1) is 13.9. The molecule has 1 fully saturated rings. The predicted molar refractivity (Wildman–Crippen MR) is 81.9 cm³/mol. The van der Waals surface area contributed by atoms with Crippen molar-refractivity contribution in [3.05, 3.63) is 28.2 Å². The summed E-state index contributed by atoms with van der Waals surface area (Å²) in [4.78, 5) is 2.38. The van der Waals surface area contributed by atoms with E-state index in [0.717, 1.165) is 16.9 Å². The van der Waals surface area contributed by atoms with Gasteiger partial charge >= 0.3 is 0 Å². The molecule has 2 N–H and O–H groups in total. The molecular weight excluding hydrogens is 288 g/mol. The molecule has 0 bridgehead atoms. The van der Waals surface area contributed by atoms with Crippen molar-refractivity contribution in [2.45, 2.75) is 38.6 Å². The number of nitrogens with zero attached hydrogens (tertiary/aromatic N) is 1. The maximum atomic E-state index is 5.83. The lowest BCUT2D eigenvalue weighted by Crippen LogP contribution is -2.27. The van der Waals surface area contributed by atoms with Gasteiger partial charge < -0.3 is 10.6 Å². The summed E-state index contributed by atoms with van der Waals surface area (Å²) in [6.07, 6.45) is 7.00. The van der Waals surface area contributed by atoms with Gasteiger partial charge in [-0.05, 0) is 36.5 Å². The average Bonchev–Trinajstić information content (AvgIpc) is 2.40. The molecule has 0 aromatic heterocycles. The molecule has 0 unspecified atom stereocenters. The van der Waals surface area contributed by atoms with Crippen LogP contribution >= 0.6 is 15.9 Å². The van der Waals surface area contributed by atoms with Gasteiger partial charge in [0.1, 0.15) is 0 Å². The molecule has 0 aliphatic heterocycles. The van der Waals surface area contributed by atoms with Gasteiger partial charge in [0.05, 0.1) is 0 Å². The third kappa shape index (κ3) is 3.48. The van der Waals surface area contributed by atoms with E-state index < -0.39 is 0 Å². The number of anilines is 1. The van der Waals surface area contributed by atoms with E-state index in [2.05, 4.69) is 46.1 Å². The molecule has 2 rings (SSSR count). The van der Waals surface area contributed by atoms with E-state index in [0.29, 0.717) is 6.54 Å². The van der Waals surface area contributed by atoms with Crippen LogP contribution in [0.2, 0.25) is 0 Å². The Hall–Kier alpha value is -0.540. The van der Waals surface area contributed by atoms with Gasteiger partial charge in [-0.15, -0.1) is 0 Å². The second-order valence-electron chi connectivity index (χ2n) is 5.36. The van der Waals surface area contributed by atoms with E-state index >= 15 is 0 Å². The summed E-state index contributed by atoms with van der Waals surface area (Å²) in [6.45, 7) is 1.76. The van der Waals surface area contributed by atoms with Crippen LogP contribution in [-0.4, -0.2) is 13.6 Å². The van der Waals surface area contributed by atoms with Crippen molar-refractivity contribution in [3.63, 3.8) is 0 Å². The Morgan fingerprint density at radius 1 is 1.28 bits per heavy atom. The first-order valence-electron chi connectivity index (χ1n) is 6.90. The first-order valence-corrected chi connectivity index (χ1v) is 7.69. The molecule has 0 heterocycles. The zero-order valence-corrected chi connectivity index (χ0v) is 12.7. The molecule has 0 saturated heterocycles. The largest absolute Gasteiger partial charge is 0.374 e. The minimum atomic E-state index is 0.609. The van der Waals surface area contributed by atoms with Crippen LogP contribution in [0.5, 0.6) is 0 Å². The number of halogens is 1. The van der Waals surface area contributed by atoms with Gasteiger partial charge in [0.15, 0.2) is 0 Å². The smallest absolute Gasteiger partial charge is 0.0420 e. The van der Waals surface area contributed by atoms with Crippen LogP contribution in [0.3, 0.4) is 0 Å². The molecular formula is C15H23BrN2. The zero-order chi connectivity index (χ0) is 13.0. The van der Waals surface area contributed by atoms with Crippen LogP contribution in [0.15, 0.2) is 22.7 Å². The van der Waals surface area contributed by atoms with Gasteiger partial charge in [-0.1, -0.05) is 41.3 Å². The van der Waals surface area contributed by atoms with Crippen molar-refractivity contribution in [1.82, 2.24) is 0 Å². The van der Waals surface area contributed by atoms with Crippen molar-refractivity contribution in [3.8, 4) is 0 Å². The Morgan fingerprint density at radius 3 is 2.67 bits per heavy atom. The van der Waals surface area contributed by atoms with Gasteiger partial charge in [0.2, 0.25) is 0 Å². The van der Waals surface area contributed by atoms with Gasteiger partial charge in [0, 0.05) is 30.3 Å². The van der Waals surface area contributed by atoms with Crippen LogP contribution in [-0.2, 0) is 6.54 Å². The predicted octanol–water partition coefficient (Wildman–Crippen LogP) is 3.92. The number of nitrogens with two attached hydrogens (primary N) is 1. The Morgan fingerprint density at radius 2 is 2.00 bits per heavy atom. The number of rotatable bonds is 4. The molecule has 0 radical (unpaired) electrons. The van der Waals surface area contributed by atoms with E-state index in [1.54, 1.807) is 0 Å². The second kappa shape index (κ2) is 6.58. The molecule has 0 amide bonds. The summed E-state index contributed by atoms with van der Waals surface area (Å²) >= 11 is 3.55. The van der Waals surface area contributed by atoms with Crippen LogP contribution in [0.4, 0.5) is 5.69 Å². The summed E-state index contributed by atoms with van der Waals surface area (Å²) in [5.41, 5.74) is 8.34. The third-order valence-electron chi connectivity index (χ3n) is 3.94. The number of hydrogen-bond donors (Lipinski definition) is 1. The Balaban J connectivity index is 2.07. The number of hydrogen-bond acceptors (Lipinski definition) is 2. The highest BCUT2D eigenvalue weighted by Gasteiger charge is 2.16. The zero-order valence-electron chi connectivity index (χ0n) is 11.2. The van der Waals surface area contributed by atoms with Gasteiger partial charge in [-0.25, -0.2) is 0 Å². The fourth-order valence-corrected chi connectivity index (χ4v) is 3.27. The summed E-state index contributed by atoms with van der Waals surface area (Å²) < 4.78 is 1.13. The monoisotopic (exact) mass is 310 g/mol. The van der Waals surface area contributed by atoms with Crippen LogP contribution in [0, 0.1) is 5.92 Å². The van der Waals surface area contributed by atoms with Crippen molar-refractivity contribution < 1.29 is 0 Å². The Labute approximate surface area is 119 Å². The minimum Gasteiger partial charge on any atom is -0.374 e. The Bertz CT molecular complexity index is 386. The normalized spacial score (nSPS) is 16.8. The Kier molecular flexibility index (Phi) is 5.07. The molecule has 3 heteroatoms. The molecule has 1 saturated carbocycles. The maximum Gasteiger partial charge on any atom is 0.0420 e. The summed E-state index contributed by atoms with van der Waals surface area (Å²) in [5, 5.41) is 0. The van der Waals surface area contributed by atoms with Gasteiger partial charge in [-0.3, -0.25) is 0 Å². The maximum absolute atomic E-state index is 5.83. The quantitative estimate of drug-likeness (QED) is 0.913. The van der Waals surface area contributed by atoms with E-state index in [-0.39, 0.29) is 0 Å². The lowest BCUT2D eigenvalue weighted by molar-refractivity contribution is 0.362. The minimum absolute atomic E-state index is 0.609. The average molecular weight is 311 g/mol. The molecule has 18 heavy (non-hydrogen) atoms. The van der Waals surface area contributed by atoms with E-state index in [1.165, 1.54) is 43.4 Å². The third-order valence-corrected chi connectivity index (χ3v) is 4.43. The lowest BCUT2D eigenvalue weighted by atomic mass is 9.89. The van der Waals surface area contributed by atoms with E-state index in [4.69, 9.17) is 5.73 Å². The molecule has 1 aromatic carbocycles. The molecule has 0 atom stereocenters. The van der Waals surface area contributed by atoms with Crippen LogP contribution in [0.25, 0.3) is 0 Å². The molecule has 100 valence electrons. The number of benzene rings is 1. The van der Waals surface area contributed by atoms with Crippen molar-refractivity contribution in [2.24, 2.45) is 11.7 Å². The molecule has 2 nitrogen and oxygen atoms in total. The molecule has 1 aliphatic rings. The fourth-order valence-electron chi connectivity index (χ4n) is 2.92. The molecule has 0 spiro atoms. The topological polar surface area (TPSA) is 29.3 Å². The fraction of sp³-hybridized carbons (Fsp3) is 0.600. The van der Waals surface area contributed by atoms with Crippen LogP contribution < -0.4 is 10.6 Å². The summed E-state index contributed by atoms with van der Waals surface area (Å²) in [5.74, 6) is 0.855. The second-order valence-corrected chi connectivity index (χ2v) is 6.28.